The van der Waals surface area contributed by atoms with E-state index in [1.54, 1.807) is 0 Å². The van der Waals surface area contributed by atoms with Gasteiger partial charge >= 0.3 is 0 Å². The molecule has 23 heavy (non-hydrogen) atoms. The second-order valence-corrected chi connectivity index (χ2v) is 6.52. The zero-order chi connectivity index (χ0) is 16.7. The highest BCUT2D eigenvalue weighted by Crippen LogP contribution is 2.23. The number of hydrogen-bond donors (Lipinski definition) is 1. The van der Waals surface area contributed by atoms with E-state index in [-0.39, 0.29) is 11.3 Å². The molecule has 1 amide bonds. The van der Waals surface area contributed by atoms with Gasteiger partial charge in [-0.2, -0.15) is 0 Å². The largest absolute Gasteiger partial charge is 0.493 e. The lowest BCUT2D eigenvalue weighted by atomic mass is 9.84. The SMILES string of the molecule is CC(C)(CNC(=O)CCOc1ccccc1)c1ccc(Cl)cc1. The maximum Gasteiger partial charge on any atom is 0.223 e. The zero-order valence-electron chi connectivity index (χ0n) is 13.5. The monoisotopic (exact) mass is 331 g/mol. The minimum atomic E-state index is -0.152. The first kappa shape index (κ1) is 17.4. The highest BCUT2D eigenvalue weighted by molar-refractivity contribution is 6.30. The van der Waals surface area contributed by atoms with Gasteiger partial charge in [0, 0.05) is 17.0 Å². The predicted molar refractivity (Wildman–Crippen MR) is 94.0 cm³/mol. The number of carbonyl (C=O) groups is 1. The molecule has 0 saturated carbocycles. The molecule has 2 aromatic rings. The van der Waals surface area contributed by atoms with Crippen molar-refractivity contribution >= 4 is 17.5 Å². The normalized spacial score (nSPS) is 11.1. The van der Waals surface area contributed by atoms with Gasteiger partial charge in [0.2, 0.25) is 5.91 Å². The van der Waals surface area contributed by atoms with Crippen LogP contribution >= 0.6 is 11.6 Å². The molecule has 0 aromatic heterocycles. The van der Waals surface area contributed by atoms with E-state index in [0.717, 1.165) is 11.3 Å². The molecule has 0 heterocycles. The first-order valence-corrected chi connectivity index (χ1v) is 8.06. The lowest BCUT2D eigenvalue weighted by Crippen LogP contribution is -2.37. The van der Waals surface area contributed by atoms with E-state index in [1.165, 1.54) is 0 Å². The van der Waals surface area contributed by atoms with Gasteiger partial charge in [0.1, 0.15) is 5.75 Å². The summed E-state index contributed by atoms with van der Waals surface area (Å²) in [6, 6.07) is 17.2. The summed E-state index contributed by atoms with van der Waals surface area (Å²) in [5, 5.41) is 3.68. The molecule has 0 saturated heterocycles. The predicted octanol–water partition coefficient (Wildman–Crippen LogP) is 4.20. The van der Waals surface area contributed by atoms with Crippen LogP contribution in [-0.2, 0) is 10.2 Å². The summed E-state index contributed by atoms with van der Waals surface area (Å²) in [5.41, 5.74) is 0.989. The molecule has 0 bridgehead atoms. The summed E-state index contributed by atoms with van der Waals surface area (Å²) in [6.07, 6.45) is 0.339. The summed E-state index contributed by atoms with van der Waals surface area (Å²) >= 11 is 5.91. The van der Waals surface area contributed by atoms with Crippen molar-refractivity contribution in [2.75, 3.05) is 13.2 Å². The molecule has 2 aromatic carbocycles. The van der Waals surface area contributed by atoms with Gasteiger partial charge in [-0.05, 0) is 29.8 Å². The fourth-order valence-corrected chi connectivity index (χ4v) is 2.32. The summed E-state index contributed by atoms with van der Waals surface area (Å²) in [7, 11) is 0. The molecule has 0 radical (unpaired) electrons. The average molecular weight is 332 g/mol. The van der Waals surface area contributed by atoms with Crippen molar-refractivity contribution in [2.45, 2.75) is 25.7 Å². The van der Waals surface area contributed by atoms with Gasteiger partial charge in [0.05, 0.1) is 13.0 Å². The van der Waals surface area contributed by atoms with Gasteiger partial charge in [-0.1, -0.05) is 55.8 Å². The van der Waals surface area contributed by atoms with Crippen LogP contribution in [0.1, 0.15) is 25.8 Å². The van der Waals surface area contributed by atoms with Crippen LogP contribution in [0.3, 0.4) is 0 Å². The fraction of sp³-hybridized carbons (Fsp3) is 0.316. The van der Waals surface area contributed by atoms with Crippen molar-refractivity contribution in [2.24, 2.45) is 0 Å². The Labute approximate surface area is 142 Å². The Hall–Kier alpha value is -2.00. The number of hydrogen-bond acceptors (Lipinski definition) is 2. The maximum atomic E-state index is 12.0. The molecule has 2 rings (SSSR count). The molecule has 0 atom stereocenters. The summed E-state index contributed by atoms with van der Waals surface area (Å²) in [6.45, 7) is 5.13. The zero-order valence-corrected chi connectivity index (χ0v) is 14.3. The molecule has 0 spiro atoms. The Morgan fingerprint density at radius 2 is 1.74 bits per heavy atom. The highest BCUT2D eigenvalue weighted by Gasteiger charge is 2.21. The number of halogens is 1. The lowest BCUT2D eigenvalue weighted by molar-refractivity contribution is -0.121. The molecule has 0 unspecified atom stereocenters. The van der Waals surface area contributed by atoms with Gasteiger partial charge in [-0.25, -0.2) is 0 Å². The highest BCUT2D eigenvalue weighted by atomic mass is 35.5. The topological polar surface area (TPSA) is 38.3 Å². The third kappa shape index (κ3) is 5.61. The second-order valence-electron chi connectivity index (χ2n) is 6.08. The first-order valence-electron chi connectivity index (χ1n) is 7.68. The molecule has 3 nitrogen and oxygen atoms in total. The van der Waals surface area contributed by atoms with Crippen LogP contribution in [0, 0.1) is 0 Å². The van der Waals surface area contributed by atoms with Crippen molar-refractivity contribution in [3.05, 3.63) is 65.2 Å². The van der Waals surface area contributed by atoms with Gasteiger partial charge in [-0.15, -0.1) is 0 Å². The second kappa shape index (κ2) is 8.02. The maximum absolute atomic E-state index is 12.0. The lowest BCUT2D eigenvalue weighted by Gasteiger charge is -2.25. The van der Waals surface area contributed by atoms with E-state index in [2.05, 4.69) is 19.2 Å². The third-order valence-corrected chi connectivity index (χ3v) is 3.95. The number of benzene rings is 2. The third-order valence-electron chi connectivity index (χ3n) is 3.69. The molecular formula is C19H22ClNO2. The van der Waals surface area contributed by atoms with Crippen LogP contribution in [0.5, 0.6) is 5.75 Å². The number of nitrogens with one attached hydrogen (secondary N) is 1. The van der Waals surface area contributed by atoms with E-state index in [4.69, 9.17) is 16.3 Å². The standard InChI is InChI=1S/C19H22ClNO2/c1-19(2,15-8-10-16(20)11-9-15)14-21-18(22)12-13-23-17-6-4-3-5-7-17/h3-11H,12-14H2,1-2H3,(H,21,22). The number of amides is 1. The molecule has 4 heteroatoms. The summed E-state index contributed by atoms with van der Waals surface area (Å²) < 4.78 is 5.53. The summed E-state index contributed by atoms with van der Waals surface area (Å²) in [4.78, 5) is 12.0. The van der Waals surface area contributed by atoms with Crippen molar-refractivity contribution in [1.82, 2.24) is 5.32 Å². The first-order chi connectivity index (χ1) is 11.0. The van der Waals surface area contributed by atoms with E-state index in [1.807, 2.05) is 54.6 Å². The van der Waals surface area contributed by atoms with Crippen LogP contribution < -0.4 is 10.1 Å². The number of para-hydroxylation sites is 1. The molecule has 122 valence electrons. The molecule has 1 N–H and O–H groups in total. The quantitative estimate of drug-likeness (QED) is 0.825. The number of rotatable bonds is 7. The summed E-state index contributed by atoms with van der Waals surface area (Å²) in [5.74, 6) is 0.768. The van der Waals surface area contributed by atoms with Crippen molar-refractivity contribution in [3.63, 3.8) is 0 Å². The Balaban J connectivity index is 1.76. The van der Waals surface area contributed by atoms with Crippen molar-refractivity contribution in [3.8, 4) is 5.75 Å². The Kier molecular flexibility index (Phi) is 6.05. The Bertz CT molecular complexity index is 624. The van der Waals surface area contributed by atoms with Crippen LogP contribution in [0.2, 0.25) is 5.02 Å². The fourth-order valence-electron chi connectivity index (χ4n) is 2.19. The minimum absolute atomic E-state index is 0.0111. The Morgan fingerprint density at radius 1 is 1.09 bits per heavy atom. The van der Waals surface area contributed by atoms with Crippen LogP contribution in [-0.4, -0.2) is 19.1 Å². The van der Waals surface area contributed by atoms with E-state index >= 15 is 0 Å². The van der Waals surface area contributed by atoms with Crippen molar-refractivity contribution < 1.29 is 9.53 Å². The molecular weight excluding hydrogens is 310 g/mol. The van der Waals surface area contributed by atoms with E-state index in [0.29, 0.717) is 24.6 Å². The average Bonchev–Trinajstić information content (AvgIpc) is 2.54. The molecule has 0 aliphatic carbocycles. The van der Waals surface area contributed by atoms with Gasteiger partial charge in [-0.3, -0.25) is 4.79 Å². The van der Waals surface area contributed by atoms with Gasteiger partial charge in [0.15, 0.2) is 0 Å². The van der Waals surface area contributed by atoms with Crippen LogP contribution in [0.25, 0.3) is 0 Å². The van der Waals surface area contributed by atoms with Crippen molar-refractivity contribution in [1.29, 1.82) is 0 Å². The number of ether oxygens (including phenoxy) is 1. The van der Waals surface area contributed by atoms with Crippen LogP contribution in [0.15, 0.2) is 54.6 Å². The minimum Gasteiger partial charge on any atom is -0.493 e. The smallest absolute Gasteiger partial charge is 0.223 e. The Morgan fingerprint density at radius 3 is 2.39 bits per heavy atom. The molecule has 0 aliphatic heterocycles. The molecule has 0 fully saturated rings. The van der Waals surface area contributed by atoms with Gasteiger partial charge in [0.25, 0.3) is 0 Å². The molecule has 0 aliphatic rings. The van der Waals surface area contributed by atoms with E-state index < -0.39 is 0 Å². The van der Waals surface area contributed by atoms with Crippen LogP contribution in [0.4, 0.5) is 0 Å². The van der Waals surface area contributed by atoms with E-state index in [9.17, 15) is 4.79 Å². The number of carbonyl (C=O) groups excluding carboxylic acids is 1. The van der Waals surface area contributed by atoms with Gasteiger partial charge < -0.3 is 10.1 Å².